The zero-order chi connectivity index (χ0) is 17.3. The molecule has 1 aliphatic carbocycles. The summed E-state index contributed by atoms with van der Waals surface area (Å²) >= 11 is 0. The number of nitrogens with zero attached hydrogens (tertiary/aromatic N) is 2. The van der Waals surface area contributed by atoms with Crippen molar-refractivity contribution in [3.8, 4) is 0 Å². The Bertz CT molecular complexity index is 634. The van der Waals surface area contributed by atoms with E-state index >= 15 is 0 Å². The number of methoxy groups -OCH3 is 1. The van der Waals surface area contributed by atoms with Gasteiger partial charge in [-0.1, -0.05) is 6.92 Å². The molecule has 24 heavy (non-hydrogen) atoms. The number of aryl methyl sites for hydroxylation is 2. The van der Waals surface area contributed by atoms with Gasteiger partial charge in [-0.3, -0.25) is 0 Å². The summed E-state index contributed by atoms with van der Waals surface area (Å²) in [5.74, 6) is -0.345. The number of pyridine rings is 1. The molecule has 2 atom stereocenters. The molecule has 2 aliphatic rings. The Hall–Kier alpha value is -1.66. The highest BCUT2D eigenvalue weighted by molar-refractivity contribution is 5.93. The van der Waals surface area contributed by atoms with E-state index in [-0.39, 0.29) is 11.5 Å². The Morgan fingerprint density at radius 2 is 2.29 bits per heavy atom. The van der Waals surface area contributed by atoms with Crippen LogP contribution in [0.15, 0.2) is 6.07 Å². The van der Waals surface area contributed by atoms with E-state index in [4.69, 9.17) is 4.74 Å². The summed E-state index contributed by atoms with van der Waals surface area (Å²) in [4.78, 5) is 18.4. The number of fused-ring (bicyclic) bond motifs is 1. The van der Waals surface area contributed by atoms with E-state index in [1.165, 1.54) is 0 Å². The van der Waals surface area contributed by atoms with Crippen LogP contribution in [0.2, 0.25) is 0 Å². The third kappa shape index (κ3) is 3.13. The monoisotopic (exact) mass is 334 g/mol. The van der Waals surface area contributed by atoms with E-state index < -0.39 is 11.6 Å². The number of carbonyl (C=O) groups is 1. The third-order valence-corrected chi connectivity index (χ3v) is 5.53. The Kier molecular flexibility index (Phi) is 4.78. The molecule has 1 saturated heterocycles. The number of hydrogen-bond donors (Lipinski definition) is 2. The Morgan fingerprint density at radius 1 is 1.50 bits per heavy atom. The second kappa shape index (κ2) is 6.69. The zero-order valence-electron chi connectivity index (χ0n) is 14.4. The fourth-order valence-electron chi connectivity index (χ4n) is 3.87. The van der Waals surface area contributed by atoms with Crippen molar-refractivity contribution >= 4 is 11.8 Å². The normalized spacial score (nSPS) is 26.5. The van der Waals surface area contributed by atoms with Gasteiger partial charge in [0, 0.05) is 38.4 Å². The van der Waals surface area contributed by atoms with Gasteiger partial charge in [-0.2, -0.15) is 0 Å². The molecule has 6 nitrogen and oxygen atoms in total. The first-order valence-corrected chi connectivity index (χ1v) is 8.67. The lowest BCUT2D eigenvalue weighted by Crippen LogP contribution is -2.52. The molecule has 0 amide bonds. The molecule has 0 unspecified atom stereocenters. The van der Waals surface area contributed by atoms with E-state index in [0.29, 0.717) is 38.4 Å². The van der Waals surface area contributed by atoms with Crippen molar-refractivity contribution in [2.45, 2.75) is 44.6 Å². The van der Waals surface area contributed by atoms with Crippen LogP contribution in [-0.2, 0) is 17.6 Å². The van der Waals surface area contributed by atoms with E-state index in [0.717, 1.165) is 30.5 Å². The van der Waals surface area contributed by atoms with Gasteiger partial charge in [0.25, 0.3) is 0 Å². The average Bonchev–Trinajstić information content (AvgIpc) is 3.02. The van der Waals surface area contributed by atoms with Gasteiger partial charge in [-0.15, -0.1) is 0 Å². The standard InChI is InChI=1S/C18H26N2O4/c1-12-11-20(8-6-18(12,23)7-9-24-2)16-14(17(21)22)10-13-4-3-5-15(13)19-16/h10,12,23H,3-9,11H2,1-2H3,(H,21,22)/t12-,18-/m1/s1. The predicted molar refractivity (Wildman–Crippen MR) is 90.7 cm³/mol. The highest BCUT2D eigenvalue weighted by atomic mass is 16.5. The molecule has 0 saturated carbocycles. The largest absolute Gasteiger partial charge is 0.478 e. The fraction of sp³-hybridized carbons (Fsp3) is 0.667. The summed E-state index contributed by atoms with van der Waals surface area (Å²) in [6.07, 6.45) is 4.06. The Labute approximate surface area is 142 Å². The van der Waals surface area contributed by atoms with Gasteiger partial charge in [-0.05, 0) is 43.7 Å². The quantitative estimate of drug-likeness (QED) is 0.855. The van der Waals surface area contributed by atoms with Crippen molar-refractivity contribution in [2.75, 3.05) is 31.7 Å². The minimum Gasteiger partial charge on any atom is -0.478 e. The number of aliphatic hydroxyl groups is 1. The molecule has 1 aliphatic heterocycles. The minimum atomic E-state index is -0.930. The molecule has 2 N–H and O–H groups in total. The molecule has 1 aromatic rings. The van der Waals surface area contributed by atoms with Crippen LogP contribution in [0.25, 0.3) is 0 Å². The molecular formula is C18H26N2O4. The molecule has 0 bridgehead atoms. The van der Waals surface area contributed by atoms with Gasteiger partial charge >= 0.3 is 5.97 Å². The highest BCUT2D eigenvalue weighted by Crippen LogP contribution is 2.35. The number of aromatic carboxylic acids is 1. The van der Waals surface area contributed by atoms with E-state index in [2.05, 4.69) is 4.98 Å². The first kappa shape index (κ1) is 17.2. The molecule has 0 spiro atoms. The second-order valence-electron chi connectivity index (χ2n) is 7.07. The van der Waals surface area contributed by atoms with Crippen molar-refractivity contribution in [3.05, 3.63) is 22.9 Å². The third-order valence-electron chi connectivity index (χ3n) is 5.53. The highest BCUT2D eigenvalue weighted by Gasteiger charge is 2.39. The maximum atomic E-state index is 11.7. The van der Waals surface area contributed by atoms with Crippen molar-refractivity contribution in [1.29, 1.82) is 0 Å². The van der Waals surface area contributed by atoms with Crippen LogP contribution < -0.4 is 4.90 Å². The number of ether oxygens (including phenoxy) is 1. The number of aromatic nitrogens is 1. The maximum absolute atomic E-state index is 11.7. The maximum Gasteiger partial charge on any atom is 0.339 e. The second-order valence-corrected chi connectivity index (χ2v) is 7.07. The number of rotatable bonds is 5. The topological polar surface area (TPSA) is 82.9 Å². The summed E-state index contributed by atoms with van der Waals surface area (Å²) in [5.41, 5.74) is 1.62. The molecule has 6 heteroatoms. The molecule has 0 radical (unpaired) electrons. The Balaban J connectivity index is 1.84. The summed E-state index contributed by atoms with van der Waals surface area (Å²) in [7, 11) is 1.64. The fourth-order valence-corrected chi connectivity index (χ4v) is 3.87. The van der Waals surface area contributed by atoms with Crippen LogP contribution in [-0.4, -0.2) is 53.6 Å². The van der Waals surface area contributed by atoms with Gasteiger partial charge in [0.05, 0.1) is 5.60 Å². The summed E-state index contributed by atoms with van der Waals surface area (Å²) in [5, 5.41) is 20.4. The van der Waals surface area contributed by atoms with Gasteiger partial charge in [0.2, 0.25) is 0 Å². The van der Waals surface area contributed by atoms with Crippen LogP contribution >= 0.6 is 0 Å². The number of anilines is 1. The van der Waals surface area contributed by atoms with E-state index in [1.54, 1.807) is 13.2 Å². The van der Waals surface area contributed by atoms with Crippen molar-refractivity contribution < 1.29 is 19.7 Å². The Morgan fingerprint density at radius 3 is 2.96 bits per heavy atom. The summed E-state index contributed by atoms with van der Waals surface area (Å²) in [6, 6.07) is 1.80. The van der Waals surface area contributed by atoms with Gasteiger partial charge in [-0.25, -0.2) is 9.78 Å². The number of hydrogen-bond acceptors (Lipinski definition) is 5. The minimum absolute atomic E-state index is 0.0260. The predicted octanol–water partition coefficient (Wildman–Crippen LogP) is 1.88. The van der Waals surface area contributed by atoms with Gasteiger partial charge in [0.1, 0.15) is 11.4 Å². The molecule has 3 rings (SSSR count). The van der Waals surface area contributed by atoms with Gasteiger partial charge in [0.15, 0.2) is 0 Å². The van der Waals surface area contributed by atoms with E-state index in [9.17, 15) is 15.0 Å². The zero-order valence-corrected chi connectivity index (χ0v) is 14.4. The first-order valence-electron chi connectivity index (χ1n) is 8.67. The first-order chi connectivity index (χ1) is 11.4. The van der Waals surface area contributed by atoms with E-state index in [1.807, 2.05) is 11.8 Å². The molecule has 1 aromatic heterocycles. The lowest BCUT2D eigenvalue weighted by molar-refractivity contribution is -0.0489. The SMILES string of the molecule is COCC[C@]1(O)CCN(c2nc3c(cc2C(=O)O)CCC3)C[C@H]1C. The number of carboxylic acids is 1. The van der Waals surface area contributed by atoms with Gasteiger partial charge < -0.3 is 19.8 Å². The van der Waals surface area contributed by atoms with Crippen molar-refractivity contribution in [2.24, 2.45) is 5.92 Å². The molecule has 132 valence electrons. The number of piperidine rings is 1. The van der Waals surface area contributed by atoms with Crippen LogP contribution in [0.4, 0.5) is 5.82 Å². The molecule has 2 heterocycles. The van der Waals surface area contributed by atoms with Crippen LogP contribution in [0, 0.1) is 5.92 Å². The van der Waals surface area contributed by atoms with Crippen LogP contribution in [0.5, 0.6) is 0 Å². The summed E-state index contributed by atoms with van der Waals surface area (Å²) < 4.78 is 5.11. The lowest BCUT2D eigenvalue weighted by Gasteiger charge is -2.44. The summed E-state index contributed by atoms with van der Waals surface area (Å²) in [6.45, 7) is 3.75. The lowest BCUT2D eigenvalue weighted by atomic mass is 9.80. The smallest absolute Gasteiger partial charge is 0.339 e. The van der Waals surface area contributed by atoms with Crippen molar-refractivity contribution in [3.63, 3.8) is 0 Å². The average molecular weight is 334 g/mol. The van der Waals surface area contributed by atoms with Crippen LogP contribution in [0.1, 0.15) is 47.8 Å². The van der Waals surface area contributed by atoms with Crippen molar-refractivity contribution in [1.82, 2.24) is 4.98 Å². The molecule has 0 aromatic carbocycles. The molecular weight excluding hydrogens is 308 g/mol. The number of carboxylic acid groups (broad SMARTS) is 1. The molecule has 1 fully saturated rings. The van der Waals surface area contributed by atoms with Crippen LogP contribution in [0.3, 0.4) is 0 Å².